The average Bonchev–Trinajstić information content (AvgIpc) is 2.42. The molecule has 1 aromatic heterocycles. The summed E-state index contributed by atoms with van der Waals surface area (Å²) in [7, 11) is 0. The van der Waals surface area contributed by atoms with Gasteiger partial charge in [-0.05, 0) is 49.1 Å². The molecule has 92 valence electrons. The lowest BCUT2D eigenvalue weighted by atomic mass is 9.96. The molecule has 1 aromatic rings. The van der Waals surface area contributed by atoms with E-state index in [9.17, 15) is 0 Å². The van der Waals surface area contributed by atoms with E-state index in [4.69, 9.17) is 4.74 Å². The first-order valence-electron chi connectivity index (χ1n) is 6.35. The Hall–Kier alpha value is -1.35. The molecule has 0 spiro atoms. The zero-order valence-electron chi connectivity index (χ0n) is 10.4. The molecule has 3 nitrogen and oxygen atoms in total. The number of hydrogen-bond acceptors (Lipinski definition) is 3. The zero-order valence-corrected chi connectivity index (χ0v) is 10.4. The third kappa shape index (κ3) is 3.30. The number of hydrogen-bond donors (Lipinski definition) is 1. The van der Waals surface area contributed by atoms with E-state index >= 15 is 0 Å². The molecular weight excluding hydrogens is 212 g/mol. The SMILES string of the molecule is CCCNC(C1=COCCC1)c1ccncc1. The summed E-state index contributed by atoms with van der Waals surface area (Å²) in [6.07, 6.45) is 8.98. The minimum Gasteiger partial charge on any atom is -0.501 e. The lowest BCUT2D eigenvalue weighted by Gasteiger charge is -2.24. The Bertz CT molecular complexity index is 362. The molecule has 1 aliphatic rings. The van der Waals surface area contributed by atoms with Gasteiger partial charge in [0.15, 0.2) is 0 Å². The minimum absolute atomic E-state index is 0.276. The Morgan fingerprint density at radius 1 is 1.41 bits per heavy atom. The number of aromatic nitrogens is 1. The van der Waals surface area contributed by atoms with Crippen LogP contribution >= 0.6 is 0 Å². The average molecular weight is 232 g/mol. The number of ether oxygens (including phenoxy) is 1. The Labute approximate surface area is 103 Å². The number of nitrogens with zero attached hydrogens (tertiary/aromatic N) is 1. The van der Waals surface area contributed by atoms with Crippen molar-refractivity contribution in [3.8, 4) is 0 Å². The zero-order chi connectivity index (χ0) is 11.9. The number of rotatable bonds is 5. The fourth-order valence-electron chi connectivity index (χ4n) is 2.10. The molecule has 0 saturated carbocycles. The molecule has 0 aromatic carbocycles. The predicted octanol–water partition coefficient (Wildman–Crippen LogP) is 2.82. The first-order chi connectivity index (χ1) is 8.42. The summed E-state index contributed by atoms with van der Waals surface area (Å²) < 4.78 is 5.45. The van der Waals surface area contributed by atoms with Gasteiger partial charge in [0.1, 0.15) is 0 Å². The molecule has 0 bridgehead atoms. The highest BCUT2D eigenvalue weighted by atomic mass is 16.5. The van der Waals surface area contributed by atoms with Crippen LogP contribution in [0.15, 0.2) is 36.4 Å². The van der Waals surface area contributed by atoms with Crippen molar-refractivity contribution >= 4 is 0 Å². The first-order valence-corrected chi connectivity index (χ1v) is 6.35. The highest BCUT2D eigenvalue weighted by Crippen LogP contribution is 2.27. The van der Waals surface area contributed by atoms with Gasteiger partial charge >= 0.3 is 0 Å². The van der Waals surface area contributed by atoms with Crippen LogP contribution in [0.4, 0.5) is 0 Å². The van der Waals surface area contributed by atoms with Gasteiger partial charge in [0.2, 0.25) is 0 Å². The van der Waals surface area contributed by atoms with Crippen molar-refractivity contribution in [3.63, 3.8) is 0 Å². The summed E-state index contributed by atoms with van der Waals surface area (Å²) in [5.74, 6) is 0. The van der Waals surface area contributed by atoms with Crippen LogP contribution in [0.5, 0.6) is 0 Å². The maximum Gasteiger partial charge on any atom is 0.0876 e. The van der Waals surface area contributed by atoms with Crippen LogP contribution in [0.25, 0.3) is 0 Å². The lowest BCUT2D eigenvalue weighted by Crippen LogP contribution is -2.25. The smallest absolute Gasteiger partial charge is 0.0876 e. The largest absolute Gasteiger partial charge is 0.501 e. The van der Waals surface area contributed by atoms with Crippen LogP contribution in [-0.4, -0.2) is 18.1 Å². The Balaban J connectivity index is 2.15. The fraction of sp³-hybridized carbons (Fsp3) is 0.500. The summed E-state index contributed by atoms with van der Waals surface area (Å²) in [5, 5.41) is 3.58. The highest BCUT2D eigenvalue weighted by molar-refractivity contribution is 5.26. The Kier molecular flexibility index (Phi) is 4.56. The standard InChI is InChI=1S/C14H20N2O/c1-2-7-16-14(12-5-8-15-9-6-12)13-4-3-10-17-11-13/h5-6,8-9,11,14,16H,2-4,7,10H2,1H3. The Morgan fingerprint density at radius 2 is 2.24 bits per heavy atom. The highest BCUT2D eigenvalue weighted by Gasteiger charge is 2.18. The fourth-order valence-corrected chi connectivity index (χ4v) is 2.10. The van der Waals surface area contributed by atoms with Gasteiger partial charge in [-0.1, -0.05) is 6.92 Å². The van der Waals surface area contributed by atoms with Crippen LogP contribution in [0.1, 0.15) is 37.8 Å². The molecule has 0 aliphatic carbocycles. The van der Waals surface area contributed by atoms with Gasteiger partial charge in [0.25, 0.3) is 0 Å². The van der Waals surface area contributed by atoms with Gasteiger partial charge < -0.3 is 10.1 Å². The molecule has 1 aliphatic heterocycles. The van der Waals surface area contributed by atoms with E-state index in [-0.39, 0.29) is 6.04 Å². The second-order valence-electron chi connectivity index (χ2n) is 4.33. The van der Waals surface area contributed by atoms with Crippen molar-refractivity contribution in [2.75, 3.05) is 13.2 Å². The molecule has 2 rings (SSSR count). The summed E-state index contributed by atoms with van der Waals surface area (Å²) in [6.45, 7) is 4.05. The topological polar surface area (TPSA) is 34.1 Å². The van der Waals surface area contributed by atoms with Crippen molar-refractivity contribution < 1.29 is 4.74 Å². The van der Waals surface area contributed by atoms with E-state index in [1.165, 1.54) is 11.1 Å². The van der Waals surface area contributed by atoms with E-state index in [0.29, 0.717) is 0 Å². The van der Waals surface area contributed by atoms with E-state index < -0.39 is 0 Å². The quantitative estimate of drug-likeness (QED) is 0.847. The van der Waals surface area contributed by atoms with Gasteiger partial charge in [0, 0.05) is 12.4 Å². The third-order valence-electron chi connectivity index (χ3n) is 2.97. The maximum absolute atomic E-state index is 5.45. The number of pyridine rings is 1. The van der Waals surface area contributed by atoms with Crippen LogP contribution in [0.3, 0.4) is 0 Å². The summed E-state index contributed by atoms with van der Waals surface area (Å²) in [4.78, 5) is 4.07. The predicted molar refractivity (Wildman–Crippen MR) is 68.5 cm³/mol. The van der Waals surface area contributed by atoms with Gasteiger partial charge in [0.05, 0.1) is 18.9 Å². The minimum atomic E-state index is 0.276. The summed E-state index contributed by atoms with van der Waals surface area (Å²) >= 11 is 0. The summed E-state index contributed by atoms with van der Waals surface area (Å²) in [5.41, 5.74) is 2.61. The molecule has 3 heteroatoms. The molecule has 0 saturated heterocycles. The normalized spacial score (nSPS) is 17.1. The van der Waals surface area contributed by atoms with Crippen molar-refractivity contribution in [2.24, 2.45) is 0 Å². The van der Waals surface area contributed by atoms with Crippen molar-refractivity contribution in [3.05, 3.63) is 41.9 Å². The van der Waals surface area contributed by atoms with Gasteiger partial charge in [-0.25, -0.2) is 0 Å². The van der Waals surface area contributed by atoms with Gasteiger partial charge in [-0.2, -0.15) is 0 Å². The van der Waals surface area contributed by atoms with Gasteiger partial charge in [-0.15, -0.1) is 0 Å². The van der Waals surface area contributed by atoms with Crippen molar-refractivity contribution in [1.82, 2.24) is 10.3 Å². The van der Waals surface area contributed by atoms with Crippen LogP contribution in [-0.2, 0) is 4.74 Å². The van der Waals surface area contributed by atoms with Crippen LogP contribution < -0.4 is 5.32 Å². The molecule has 0 amide bonds. The van der Waals surface area contributed by atoms with E-state index in [1.54, 1.807) is 0 Å². The molecule has 1 unspecified atom stereocenters. The first kappa shape index (κ1) is 12.1. The van der Waals surface area contributed by atoms with Crippen LogP contribution in [0.2, 0.25) is 0 Å². The Morgan fingerprint density at radius 3 is 2.88 bits per heavy atom. The van der Waals surface area contributed by atoms with E-state index in [0.717, 1.165) is 32.4 Å². The second-order valence-corrected chi connectivity index (χ2v) is 4.33. The van der Waals surface area contributed by atoms with Crippen molar-refractivity contribution in [1.29, 1.82) is 0 Å². The van der Waals surface area contributed by atoms with Crippen molar-refractivity contribution in [2.45, 2.75) is 32.2 Å². The monoisotopic (exact) mass is 232 g/mol. The summed E-state index contributed by atoms with van der Waals surface area (Å²) in [6, 6.07) is 4.42. The molecule has 0 radical (unpaired) electrons. The molecule has 17 heavy (non-hydrogen) atoms. The lowest BCUT2D eigenvalue weighted by molar-refractivity contribution is 0.219. The second kappa shape index (κ2) is 6.40. The molecular formula is C14H20N2O. The van der Waals surface area contributed by atoms with E-state index in [1.807, 2.05) is 18.7 Å². The van der Waals surface area contributed by atoms with E-state index in [2.05, 4.69) is 29.4 Å². The maximum atomic E-state index is 5.45. The number of nitrogens with one attached hydrogen (secondary N) is 1. The molecule has 2 heterocycles. The molecule has 1 N–H and O–H groups in total. The molecule has 0 fully saturated rings. The molecule has 1 atom stereocenters. The van der Waals surface area contributed by atoms with Crippen LogP contribution in [0, 0.1) is 0 Å². The van der Waals surface area contributed by atoms with Gasteiger partial charge in [-0.3, -0.25) is 4.98 Å². The third-order valence-corrected chi connectivity index (χ3v) is 2.97.